The van der Waals surface area contributed by atoms with E-state index in [-0.39, 0.29) is 0 Å². The van der Waals surface area contributed by atoms with E-state index in [0.717, 1.165) is 12.4 Å². The molecule has 2 aromatic rings. The second-order valence-corrected chi connectivity index (χ2v) is 6.04. The van der Waals surface area contributed by atoms with Crippen LogP contribution in [0.15, 0.2) is 36.7 Å². The molecule has 1 heterocycles. The molecule has 20 heavy (non-hydrogen) atoms. The van der Waals surface area contributed by atoms with Crippen molar-refractivity contribution >= 4 is 0 Å². The lowest BCUT2D eigenvalue weighted by molar-refractivity contribution is 0.245. The van der Waals surface area contributed by atoms with Crippen molar-refractivity contribution < 1.29 is 0 Å². The van der Waals surface area contributed by atoms with Crippen molar-refractivity contribution in [2.75, 3.05) is 0 Å². The van der Waals surface area contributed by atoms with Crippen LogP contribution in [-0.4, -0.2) is 9.97 Å². The molecule has 0 unspecified atom stereocenters. The molecule has 0 bridgehead atoms. The van der Waals surface area contributed by atoms with Gasteiger partial charge in [0.2, 0.25) is 0 Å². The fourth-order valence-electron chi connectivity index (χ4n) is 3.37. The van der Waals surface area contributed by atoms with Crippen LogP contribution in [0, 0.1) is 11.8 Å². The van der Waals surface area contributed by atoms with Crippen molar-refractivity contribution in [1.82, 2.24) is 15.3 Å². The van der Waals surface area contributed by atoms with Crippen LogP contribution in [0.5, 0.6) is 0 Å². The SMILES string of the molecule is CC(C)[C@@H]1CCc2ccccc2[C@@H]1NCc1ncc[nH]1. The van der Waals surface area contributed by atoms with E-state index in [0.29, 0.717) is 17.9 Å². The monoisotopic (exact) mass is 269 g/mol. The van der Waals surface area contributed by atoms with Crippen LogP contribution in [-0.2, 0) is 13.0 Å². The Balaban J connectivity index is 1.83. The van der Waals surface area contributed by atoms with Gasteiger partial charge in [-0.3, -0.25) is 0 Å². The number of nitrogens with zero attached hydrogens (tertiary/aromatic N) is 1. The maximum absolute atomic E-state index is 4.31. The first-order chi connectivity index (χ1) is 9.75. The summed E-state index contributed by atoms with van der Waals surface area (Å²) in [6, 6.07) is 9.29. The minimum Gasteiger partial charge on any atom is -0.348 e. The van der Waals surface area contributed by atoms with Crippen molar-refractivity contribution in [3.8, 4) is 0 Å². The average Bonchev–Trinajstić information content (AvgIpc) is 2.97. The molecule has 0 spiro atoms. The van der Waals surface area contributed by atoms with Gasteiger partial charge in [-0.2, -0.15) is 0 Å². The summed E-state index contributed by atoms with van der Waals surface area (Å²) < 4.78 is 0. The Bertz CT molecular complexity index is 545. The number of H-pyrrole nitrogens is 1. The van der Waals surface area contributed by atoms with Crippen LogP contribution in [0.4, 0.5) is 0 Å². The molecule has 0 amide bonds. The molecule has 2 N–H and O–H groups in total. The standard InChI is InChI=1S/C17H23N3/c1-12(2)14-8-7-13-5-3-4-6-15(13)17(14)20-11-16-18-9-10-19-16/h3-6,9-10,12,14,17,20H,7-8,11H2,1-2H3,(H,18,19)/t14-,17+/m0/s1. The van der Waals surface area contributed by atoms with E-state index in [4.69, 9.17) is 0 Å². The number of aromatic amines is 1. The third kappa shape index (κ3) is 2.63. The molecule has 0 saturated heterocycles. The number of rotatable bonds is 4. The predicted octanol–water partition coefficient (Wildman–Crippen LogP) is 3.46. The molecule has 3 rings (SSSR count). The molecule has 3 heteroatoms. The van der Waals surface area contributed by atoms with E-state index in [1.807, 2.05) is 12.4 Å². The second kappa shape index (κ2) is 5.80. The number of benzene rings is 1. The fourth-order valence-corrected chi connectivity index (χ4v) is 3.37. The summed E-state index contributed by atoms with van der Waals surface area (Å²) in [6.07, 6.45) is 6.17. The maximum Gasteiger partial charge on any atom is 0.120 e. The third-order valence-corrected chi connectivity index (χ3v) is 4.47. The minimum absolute atomic E-state index is 0.435. The molecule has 0 fully saturated rings. The molecule has 3 nitrogen and oxygen atoms in total. The largest absolute Gasteiger partial charge is 0.348 e. The molecule has 2 atom stereocenters. The molecule has 1 aromatic carbocycles. The highest BCUT2D eigenvalue weighted by molar-refractivity contribution is 5.33. The van der Waals surface area contributed by atoms with Gasteiger partial charge in [0.05, 0.1) is 6.54 Å². The quantitative estimate of drug-likeness (QED) is 0.892. The highest BCUT2D eigenvalue weighted by Gasteiger charge is 2.30. The van der Waals surface area contributed by atoms with Crippen molar-refractivity contribution in [2.24, 2.45) is 11.8 Å². The smallest absolute Gasteiger partial charge is 0.120 e. The number of aryl methyl sites for hydroxylation is 1. The highest BCUT2D eigenvalue weighted by Crippen LogP contribution is 2.38. The summed E-state index contributed by atoms with van der Waals surface area (Å²) in [7, 11) is 0. The second-order valence-electron chi connectivity index (χ2n) is 6.04. The molecule has 1 aliphatic rings. The van der Waals surface area contributed by atoms with Gasteiger partial charge in [-0.25, -0.2) is 4.98 Å². The Hall–Kier alpha value is -1.61. The zero-order valence-corrected chi connectivity index (χ0v) is 12.3. The summed E-state index contributed by atoms with van der Waals surface area (Å²) in [5, 5.41) is 3.72. The van der Waals surface area contributed by atoms with E-state index in [1.165, 1.54) is 24.0 Å². The van der Waals surface area contributed by atoms with Gasteiger partial charge in [0.1, 0.15) is 5.82 Å². The van der Waals surface area contributed by atoms with Gasteiger partial charge in [0.25, 0.3) is 0 Å². The van der Waals surface area contributed by atoms with E-state index in [1.54, 1.807) is 0 Å². The third-order valence-electron chi connectivity index (χ3n) is 4.47. The summed E-state index contributed by atoms with van der Waals surface area (Å²) >= 11 is 0. The first kappa shape index (κ1) is 13.4. The molecule has 0 saturated carbocycles. The van der Waals surface area contributed by atoms with Crippen LogP contribution >= 0.6 is 0 Å². The Morgan fingerprint density at radius 2 is 2.20 bits per heavy atom. The van der Waals surface area contributed by atoms with Crippen molar-refractivity contribution in [3.05, 3.63) is 53.6 Å². The fraction of sp³-hybridized carbons (Fsp3) is 0.471. The number of fused-ring (bicyclic) bond motifs is 1. The molecular weight excluding hydrogens is 246 g/mol. The van der Waals surface area contributed by atoms with Gasteiger partial charge < -0.3 is 10.3 Å². The summed E-state index contributed by atoms with van der Waals surface area (Å²) in [6.45, 7) is 5.47. The van der Waals surface area contributed by atoms with Crippen molar-refractivity contribution in [3.63, 3.8) is 0 Å². The zero-order valence-electron chi connectivity index (χ0n) is 12.3. The van der Waals surface area contributed by atoms with Gasteiger partial charge in [-0.15, -0.1) is 0 Å². The zero-order chi connectivity index (χ0) is 13.9. The maximum atomic E-state index is 4.31. The van der Waals surface area contributed by atoms with Gasteiger partial charge in [0, 0.05) is 18.4 Å². The molecule has 1 aromatic heterocycles. The lowest BCUT2D eigenvalue weighted by Gasteiger charge is -2.36. The van der Waals surface area contributed by atoms with Crippen molar-refractivity contribution in [1.29, 1.82) is 0 Å². The van der Waals surface area contributed by atoms with Gasteiger partial charge in [0.15, 0.2) is 0 Å². The highest BCUT2D eigenvalue weighted by atomic mass is 15.0. The van der Waals surface area contributed by atoms with Crippen LogP contribution in [0.25, 0.3) is 0 Å². The first-order valence-electron chi connectivity index (χ1n) is 7.55. The topological polar surface area (TPSA) is 40.7 Å². The lowest BCUT2D eigenvalue weighted by atomic mass is 9.74. The van der Waals surface area contributed by atoms with E-state index in [9.17, 15) is 0 Å². The van der Waals surface area contributed by atoms with Crippen LogP contribution < -0.4 is 5.32 Å². The Kier molecular flexibility index (Phi) is 3.88. The van der Waals surface area contributed by atoms with Gasteiger partial charge in [-0.05, 0) is 35.8 Å². The lowest BCUT2D eigenvalue weighted by Crippen LogP contribution is -2.35. The van der Waals surface area contributed by atoms with Crippen molar-refractivity contribution in [2.45, 2.75) is 39.3 Å². The van der Waals surface area contributed by atoms with E-state index >= 15 is 0 Å². The molecular formula is C17H23N3. The molecule has 106 valence electrons. The van der Waals surface area contributed by atoms with Gasteiger partial charge >= 0.3 is 0 Å². The molecule has 0 aliphatic heterocycles. The first-order valence-corrected chi connectivity index (χ1v) is 7.55. The van der Waals surface area contributed by atoms with Crippen LogP contribution in [0.1, 0.15) is 43.3 Å². The van der Waals surface area contributed by atoms with Gasteiger partial charge in [-0.1, -0.05) is 38.1 Å². The summed E-state index contributed by atoms with van der Waals surface area (Å²) in [5.41, 5.74) is 2.98. The van der Waals surface area contributed by atoms with Crippen LogP contribution in [0.3, 0.4) is 0 Å². The number of aromatic nitrogens is 2. The number of hydrogen-bond donors (Lipinski definition) is 2. The minimum atomic E-state index is 0.435. The number of nitrogens with one attached hydrogen (secondary N) is 2. The average molecular weight is 269 g/mol. The normalized spacial score (nSPS) is 21.9. The van der Waals surface area contributed by atoms with E-state index in [2.05, 4.69) is 53.4 Å². The van der Waals surface area contributed by atoms with Crippen LogP contribution in [0.2, 0.25) is 0 Å². The molecule has 1 aliphatic carbocycles. The number of imidazole rings is 1. The Morgan fingerprint density at radius 3 is 2.95 bits per heavy atom. The summed E-state index contributed by atoms with van der Waals surface area (Å²) in [5.74, 6) is 2.40. The van der Waals surface area contributed by atoms with E-state index < -0.39 is 0 Å². The molecule has 0 radical (unpaired) electrons. The number of hydrogen-bond acceptors (Lipinski definition) is 2. The Morgan fingerprint density at radius 1 is 1.35 bits per heavy atom. The Labute approximate surface area is 120 Å². The predicted molar refractivity (Wildman–Crippen MR) is 81.3 cm³/mol. The summed E-state index contributed by atoms with van der Waals surface area (Å²) in [4.78, 5) is 7.48.